The van der Waals surface area contributed by atoms with Gasteiger partial charge in [-0.15, -0.1) is 0 Å². The van der Waals surface area contributed by atoms with Crippen LogP contribution in [0.2, 0.25) is 0 Å². The van der Waals surface area contributed by atoms with Crippen LogP contribution < -0.4 is 0 Å². The van der Waals surface area contributed by atoms with Crippen LogP contribution in [-0.4, -0.2) is 18.3 Å². The van der Waals surface area contributed by atoms with Gasteiger partial charge in [0.25, 0.3) is 0 Å². The van der Waals surface area contributed by atoms with Gasteiger partial charge in [-0.3, -0.25) is 0 Å². The van der Waals surface area contributed by atoms with Crippen LogP contribution in [0.1, 0.15) is 31.4 Å². The molecule has 0 aliphatic carbocycles. The molecule has 0 aliphatic rings. The molecule has 1 aromatic rings. The molecule has 0 spiro atoms. The smallest absolute Gasteiger partial charge is 0.126 e. The lowest BCUT2D eigenvalue weighted by Crippen LogP contribution is -2.20. The maximum Gasteiger partial charge on any atom is 0.126 e. The molecule has 0 saturated carbocycles. The zero-order valence-electron chi connectivity index (χ0n) is 9.41. The summed E-state index contributed by atoms with van der Waals surface area (Å²) in [6.45, 7) is 1.95. The van der Waals surface area contributed by atoms with Gasteiger partial charge in [-0.05, 0) is 24.1 Å². The number of benzene rings is 1. The van der Waals surface area contributed by atoms with Gasteiger partial charge < -0.3 is 9.84 Å². The second kappa shape index (κ2) is 5.92. The summed E-state index contributed by atoms with van der Waals surface area (Å²) in [6, 6.07) is 3.02. The van der Waals surface area contributed by atoms with Gasteiger partial charge in [-0.25, -0.2) is 8.78 Å². The summed E-state index contributed by atoms with van der Waals surface area (Å²) in [6.07, 6.45) is 0.0183. The molecular weight excluding hydrogens is 214 g/mol. The average molecular weight is 230 g/mol. The quantitative estimate of drug-likeness (QED) is 0.842. The largest absolute Gasteiger partial charge is 0.386 e. The number of rotatable bonds is 5. The van der Waals surface area contributed by atoms with Gasteiger partial charge in [0.15, 0.2) is 0 Å². The Hall–Kier alpha value is -1.00. The minimum atomic E-state index is -1.00. The van der Waals surface area contributed by atoms with Crippen LogP contribution in [0.4, 0.5) is 8.78 Å². The second-order valence-electron chi connectivity index (χ2n) is 3.71. The molecule has 0 amide bonds. The van der Waals surface area contributed by atoms with Gasteiger partial charge in [0.2, 0.25) is 0 Å². The molecule has 1 N–H and O–H groups in total. The molecule has 4 heteroatoms. The van der Waals surface area contributed by atoms with E-state index in [4.69, 9.17) is 4.74 Å². The third kappa shape index (κ3) is 3.25. The normalized spacial score (nSPS) is 14.8. The molecular formula is C12H16F2O2. The van der Waals surface area contributed by atoms with Crippen molar-refractivity contribution in [1.82, 2.24) is 0 Å². The fraction of sp³-hybridized carbons (Fsp3) is 0.500. The number of aliphatic hydroxyl groups is 1. The predicted octanol–water partition coefficient (Wildman–Crippen LogP) is 2.81. The van der Waals surface area contributed by atoms with Gasteiger partial charge in [0.1, 0.15) is 17.7 Å². The van der Waals surface area contributed by atoms with Crippen LogP contribution in [0.15, 0.2) is 18.2 Å². The van der Waals surface area contributed by atoms with E-state index in [1.807, 2.05) is 6.92 Å². The van der Waals surface area contributed by atoms with E-state index in [9.17, 15) is 13.9 Å². The van der Waals surface area contributed by atoms with Crippen LogP contribution in [0.5, 0.6) is 0 Å². The Labute approximate surface area is 93.9 Å². The molecule has 0 aromatic heterocycles. The fourth-order valence-electron chi connectivity index (χ4n) is 1.65. The van der Waals surface area contributed by atoms with Crippen molar-refractivity contribution >= 4 is 0 Å². The Morgan fingerprint density at radius 3 is 2.25 bits per heavy atom. The lowest BCUT2D eigenvalue weighted by atomic mass is 10.0. The molecule has 0 bridgehead atoms. The minimum Gasteiger partial charge on any atom is -0.386 e. The second-order valence-corrected chi connectivity index (χ2v) is 3.71. The molecule has 2 unspecified atom stereocenters. The van der Waals surface area contributed by atoms with Crippen molar-refractivity contribution < 1.29 is 18.6 Å². The zero-order valence-corrected chi connectivity index (χ0v) is 9.41. The lowest BCUT2D eigenvalue weighted by Gasteiger charge is -2.21. The number of aliphatic hydroxyl groups excluding tert-OH is 1. The molecule has 0 fully saturated rings. The lowest BCUT2D eigenvalue weighted by molar-refractivity contribution is -0.0182. The first kappa shape index (κ1) is 13.1. The van der Waals surface area contributed by atoms with Gasteiger partial charge >= 0.3 is 0 Å². The number of hydrogen-bond acceptors (Lipinski definition) is 2. The maximum atomic E-state index is 12.9. The number of ether oxygens (including phenoxy) is 1. The molecule has 2 atom stereocenters. The van der Waals surface area contributed by atoms with Crippen LogP contribution >= 0.6 is 0 Å². The first-order chi connectivity index (χ1) is 7.58. The van der Waals surface area contributed by atoms with Crippen molar-refractivity contribution in [2.24, 2.45) is 0 Å². The van der Waals surface area contributed by atoms with Crippen molar-refractivity contribution in [2.75, 3.05) is 7.11 Å². The van der Waals surface area contributed by atoms with E-state index < -0.39 is 23.8 Å². The third-order valence-corrected chi connectivity index (χ3v) is 2.45. The Bertz CT molecular complexity index is 322. The minimum absolute atomic E-state index is 0.206. The van der Waals surface area contributed by atoms with Gasteiger partial charge in [-0.1, -0.05) is 13.3 Å². The van der Waals surface area contributed by atoms with E-state index in [0.717, 1.165) is 24.6 Å². The molecule has 0 heterocycles. The summed E-state index contributed by atoms with van der Waals surface area (Å²) in [4.78, 5) is 0. The first-order valence-electron chi connectivity index (χ1n) is 5.25. The number of hydrogen-bond donors (Lipinski definition) is 1. The van der Waals surface area contributed by atoms with Gasteiger partial charge in [-0.2, -0.15) is 0 Å². The molecule has 0 aliphatic heterocycles. The molecule has 0 radical (unpaired) electrons. The van der Waals surface area contributed by atoms with Gasteiger partial charge in [0.05, 0.1) is 6.10 Å². The first-order valence-corrected chi connectivity index (χ1v) is 5.25. The summed E-state index contributed by atoms with van der Waals surface area (Å²) in [7, 11) is 1.47. The topological polar surface area (TPSA) is 29.5 Å². The summed E-state index contributed by atoms with van der Waals surface area (Å²) < 4.78 is 31.0. The van der Waals surface area contributed by atoms with Gasteiger partial charge in [0, 0.05) is 13.2 Å². The molecule has 16 heavy (non-hydrogen) atoms. The van der Waals surface area contributed by atoms with Crippen LogP contribution in [0, 0.1) is 11.6 Å². The highest BCUT2D eigenvalue weighted by Gasteiger charge is 2.20. The monoisotopic (exact) mass is 230 g/mol. The predicted molar refractivity (Wildman–Crippen MR) is 57.0 cm³/mol. The summed E-state index contributed by atoms with van der Waals surface area (Å²) in [5.74, 6) is -1.39. The fourth-order valence-corrected chi connectivity index (χ4v) is 1.65. The Morgan fingerprint density at radius 1 is 1.25 bits per heavy atom. The Kier molecular flexibility index (Phi) is 4.83. The number of halogens is 2. The van der Waals surface area contributed by atoms with E-state index in [-0.39, 0.29) is 5.56 Å². The number of methoxy groups -OCH3 is 1. The van der Waals surface area contributed by atoms with E-state index in [2.05, 4.69) is 0 Å². The van der Waals surface area contributed by atoms with E-state index in [1.165, 1.54) is 7.11 Å². The average Bonchev–Trinajstić information content (AvgIpc) is 2.23. The highest BCUT2D eigenvalue weighted by Crippen LogP contribution is 2.23. The van der Waals surface area contributed by atoms with Crippen LogP contribution in [0.3, 0.4) is 0 Å². The zero-order chi connectivity index (χ0) is 12.1. The van der Waals surface area contributed by atoms with Crippen molar-refractivity contribution in [1.29, 1.82) is 0 Å². The highest BCUT2D eigenvalue weighted by molar-refractivity contribution is 5.21. The van der Waals surface area contributed by atoms with Crippen LogP contribution in [-0.2, 0) is 4.74 Å². The van der Waals surface area contributed by atoms with Crippen molar-refractivity contribution in [3.05, 3.63) is 35.4 Å². The Morgan fingerprint density at radius 2 is 1.81 bits per heavy atom. The highest BCUT2D eigenvalue weighted by atomic mass is 19.1. The SMILES string of the molecule is CCCC(OC)C(O)c1cc(F)cc(F)c1. The van der Waals surface area contributed by atoms with E-state index in [1.54, 1.807) is 0 Å². The van der Waals surface area contributed by atoms with Crippen molar-refractivity contribution in [2.45, 2.75) is 32.0 Å². The third-order valence-electron chi connectivity index (χ3n) is 2.45. The molecule has 1 rings (SSSR count). The molecule has 0 saturated heterocycles. The summed E-state index contributed by atoms with van der Waals surface area (Å²) in [5, 5.41) is 9.90. The Balaban J connectivity index is 2.89. The molecule has 2 nitrogen and oxygen atoms in total. The van der Waals surface area contributed by atoms with E-state index in [0.29, 0.717) is 6.42 Å². The van der Waals surface area contributed by atoms with E-state index >= 15 is 0 Å². The molecule has 90 valence electrons. The van der Waals surface area contributed by atoms with Crippen LogP contribution in [0.25, 0.3) is 0 Å². The standard InChI is InChI=1S/C12H16F2O2/c1-3-4-11(16-2)12(15)8-5-9(13)7-10(14)6-8/h5-7,11-12,15H,3-4H2,1-2H3. The van der Waals surface area contributed by atoms with Crippen molar-refractivity contribution in [3.63, 3.8) is 0 Å². The van der Waals surface area contributed by atoms with Crippen molar-refractivity contribution in [3.8, 4) is 0 Å². The summed E-state index contributed by atoms with van der Waals surface area (Å²) >= 11 is 0. The maximum absolute atomic E-state index is 12.9. The molecule has 1 aromatic carbocycles. The summed E-state index contributed by atoms with van der Waals surface area (Å²) in [5.41, 5.74) is 0.206.